The number of fused-ring (bicyclic) bond motifs is 1. The largest absolute Gasteiger partial charge is 0.372 e. The van der Waals surface area contributed by atoms with E-state index in [9.17, 15) is 0 Å². The standard InChI is InChI=1S/C15H28O3/c1-14(2,3)17-11-8-7-10-12(9-16-13(10)11)18-15(4,5)6/h10-13H,7-9H2,1-6H3/t10-,11-,12-,13+/m1/s1. The van der Waals surface area contributed by atoms with Crippen LogP contribution in [0.25, 0.3) is 0 Å². The third-order valence-electron chi connectivity index (χ3n) is 3.51. The van der Waals surface area contributed by atoms with E-state index in [0.717, 1.165) is 19.4 Å². The lowest BCUT2D eigenvalue weighted by molar-refractivity contribution is -0.108. The van der Waals surface area contributed by atoms with Crippen LogP contribution in [0, 0.1) is 5.92 Å². The van der Waals surface area contributed by atoms with E-state index in [1.165, 1.54) is 0 Å². The molecule has 0 spiro atoms. The van der Waals surface area contributed by atoms with Crippen molar-refractivity contribution in [3.05, 3.63) is 0 Å². The van der Waals surface area contributed by atoms with Crippen LogP contribution in [0.3, 0.4) is 0 Å². The monoisotopic (exact) mass is 256 g/mol. The highest BCUT2D eigenvalue weighted by Gasteiger charge is 2.49. The van der Waals surface area contributed by atoms with E-state index in [2.05, 4.69) is 41.5 Å². The summed E-state index contributed by atoms with van der Waals surface area (Å²) in [6, 6.07) is 0. The van der Waals surface area contributed by atoms with E-state index in [1.807, 2.05) is 0 Å². The van der Waals surface area contributed by atoms with Crippen LogP contribution in [-0.4, -0.2) is 36.1 Å². The number of hydrogen-bond acceptors (Lipinski definition) is 3. The highest BCUT2D eigenvalue weighted by atomic mass is 16.6. The molecule has 18 heavy (non-hydrogen) atoms. The zero-order valence-electron chi connectivity index (χ0n) is 12.7. The first-order valence-electron chi connectivity index (χ1n) is 7.13. The van der Waals surface area contributed by atoms with Gasteiger partial charge in [0.05, 0.1) is 36.1 Å². The smallest absolute Gasteiger partial charge is 0.0891 e. The van der Waals surface area contributed by atoms with E-state index < -0.39 is 0 Å². The Balaban J connectivity index is 1.95. The summed E-state index contributed by atoms with van der Waals surface area (Å²) in [5.41, 5.74) is -0.183. The summed E-state index contributed by atoms with van der Waals surface area (Å²) in [6.45, 7) is 13.4. The Bertz CT molecular complexity index is 257. The van der Waals surface area contributed by atoms with E-state index in [1.54, 1.807) is 0 Å². The van der Waals surface area contributed by atoms with Crippen molar-refractivity contribution in [2.75, 3.05) is 6.61 Å². The molecule has 3 heteroatoms. The average molecular weight is 256 g/mol. The lowest BCUT2D eigenvalue weighted by Crippen LogP contribution is -2.36. The molecule has 2 rings (SSSR count). The fourth-order valence-corrected chi connectivity index (χ4v) is 3.07. The molecule has 2 aliphatic rings. The van der Waals surface area contributed by atoms with Crippen molar-refractivity contribution in [2.45, 2.75) is 83.9 Å². The summed E-state index contributed by atoms with van der Waals surface area (Å²) in [5.74, 6) is 0.511. The molecule has 0 amide bonds. The zero-order valence-corrected chi connectivity index (χ0v) is 12.7. The molecule has 0 aromatic rings. The van der Waals surface area contributed by atoms with Crippen molar-refractivity contribution in [1.82, 2.24) is 0 Å². The van der Waals surface area contributed by atoms with E-state index in [-0.39, 0.29) is 29.5 Å². The topological polar surface area (TPSA) is 27.7 Å². The SMILES string of the molecule is CC(C)(C)O[C@@H]1CO[C@H]2[C@@H]1CC[C@H]2OC(C)(C)C. The molecule has 0 unspecified atom stereocenters. The molecule has 0 N–H and O–H groups in total. The van der Waals surface area contributed by atoms with Gasteiger partial charge in [0.1, 0.15) is 0 Å². The lowest BCUT2D eigenvalue weighted by atomic mass is 10.0. The van der Waals surface area contributed by atoms with Gasteiger partial charge in [-0.2, -0.15) is 0 Å². The predicted octanol–water partition coefficient (Wildman–Crippen LogP) is 3.16. The molecule has 0 aromatic carbocycles. The second-order valence-corrected chi connectivity index (χ2v) is 7.58. The van der Waals surface area contributed by atoms with Gasteiger partial charge in [0.15, 0.2) is 0 Å². The van der Waals surface area contributed by atoms with Gasteiger partial charge in [0, 0.05) is 5.92 Å². The maximum atomic E-state index is 6.11. The first-order valence-corrected chi connectivity index (χ1v) is 7.13. The molecule has 0 aromatic heterocycles. The Morgan fingerprint density at radius 2 is 1.39 bits per heavy atom. The minimum Gasteiger partial charge on any atom is -0.372 e. The molecule has 0 radical (unpaired) electrons. The maximum Gasteiger partial charge on any atom is 0.0891 e. The van der Waals surface area contributed by atoms with Crippen LogP contribution in [0.2, 0.25) is 0 Å². The minimum atomic E-state index is -0.0914. The second kappa shape index (κ2) is 4.77. The van der Waals surface area contributed by atoms with E-state index >= 15 is 0 Å². The van der Waals surface area contributed by atoms with Crippen molar-refractivity contribution in [3.8, 4) is 0 Å². The van der Waals surface area contributed by atoms with Gasteiger partial charge in [-0.15, -0.1) is 0 Å². The van der Waals surface area contributed by atoms with E-state index in [0.29, 0.717) is 5.92 Å². The Morgan fingerprint density at radius 3 is 1.94 bits per heavy atom. The van der Waals surface area contributed by atoms with Crippen molar-refractivity contribution in [2.24, 2.45) is 5.92 Å². The van der Waals surface area contributed by atoms with Gasteiger partial charge in [0.25, 0.3) is 0 Å². The van der Waals surface area contributed by atoms with Crippen molar-refractivity contribution >= 4 is 0 Å². The van der Waals surface area contributed by atoms with Crippen molar-refractivity contribution in [3.63, 3.8) is 0 Å². The number of rotatable bonds is 2. The van der Waals surface area contributed by atoms with Crippen LogP contribution in [0.4, 0.5) is 0 Å². The zero-order chi connectivity index (χ0) is 13.6. The lowest BCUT2D eigenvalue weighted by Gasteiger charge is -2.28. The summed E-state index contributed by atoms with van der Waals surface area (Å²) in [6.07, 6.45) is 2.96. The normalized spacial score (nSPS) is 37.0. The first-order chi connectivity index (χ1) is 8.16. The molecule has 2 fully saturated rings. The van der Waals surface area contributed by atoms with Crippen LogP contribution in [-0.2, 0) is 14.2 Å². The highest BCUT2D eigenvalue weighted by molar-refractivity contribution is 4.97. The van der Waals surface area contributed by atoms with Crippen molar-refractivity contribution in [1.29, 1.82) is 0 Å². The van der Waals surface area contributed by atoms with Crippen LogP contribution >= 0.6 is 0 Å². The molecule has 1 aliphatic heterocycles. The van der Waals surface area contributed by atoms with Gasteiger partial charge < -0.3 is 14.2 Å². The van der Waals surface area contributed by atoms with Crippen LogP contribution < -0.4 is 0 Å². The van der Waals surface area contributed by atoms with Gasteiger partial charge in [-0.1, -0.05) is 0 Å². The molecule has 1 saturated heterocycles. The molecular formula is C15H28O3. The number of hydrogen-bond donors (Lipinski definition) is 0. The first kappa shape index (κ1) is 14.3. The van der Waals surface area contributed by atoms with Crippen LogP contribution in [0.1, 0.15) is 54.4 Å². The quantitative estimate of drug-likeness (QED) is 0.759. The molecule has 4 atom stereocenters. The van der Waals surface area contributed by atoms with Crippen molar-refractivity contribution < 1.29 is 14.2 Å². The molecular weight excluding hydrogens is 228 g/mol. The summed E-state index contributed by atoms with van der Waals surface area (Å²) >= 11 is 0. The fourth-order valence-electron chi connectivity index (χ4n) is 3.07. The Labute approximate surface area is 111 Å². The average Bonchev–Trinajstić information content (AvgIpc) is 2.66. The van der Waals surface area contributed by atoms with Gasteiger partial charge in [0.2, 0.25) is 0 Å². The Morgan fingerprint density at radius 1 is 0.833 bits per heavy atom. The third-order valence-corrected chi connectivity index (χ3v) is 3.51. The second-order valence-electron chi connectivity index (χ2n) is 7.58. The maximum absolute atomic E-state index is 6.11. The molecule has 1 saturated carbocycles. The molecule has 3 nitrogen and oxygen atoms in total. The van der Waals surface area contributed by atoms with Gasteiger partial charge >= 0.3 is 0 Å². The minimum absolute atomic E-state index is 0.0914. The predicted molar refractivity (Wildman–Crippen MR) is 71.7 cm³/mol. The summed E-state index contributed by atoms with van der Waals surface area (Å²) in [5, 5.41) is 0. The molecule has 106 valence electrons. The van der Waals surface area contributed by atoms with Gasteiger partial charge in [-0.05, 0) is 54.4 Å². The van der Waals surface area contributed by atoms with Gasteiger partial charge in [-0.3, -0.25) is 0 Å². The Kier molecular flexibility index (Phi) is 3.79. The summed E-state index contributed by atoms with van der Waals surface area (Å²) in [4.78, 5) is 0. The van der Waals surface area contributed by atoms with Crippen LogP contribution in [0.15, 0.2) is 0 Å². The fraction of sp³-hybridized carbons (Fsp3) is 1.00. The van der Waals surface area contributed by atoms with E-state index in [4.69, 9.17) is 14.2 Å². The Hall–Kier alpha value is -0.120. The summed E-state index contributed by atoms with van der Waals surface area (Å²) in [7, 11) is 0. The highest BCUT2D eigenvalue weighted by Crippen LogP contribution is 2.41. The summed E-state index contributed by atoms with van der Waals surface area (Å²) < 4.78 is 18.2. The molecule has 1 aliphatic carbocycles. The molecule has 1 heterocycles. The third kappa shape index (κ3) is 3.46. The number of ether oxygens (including phenoxy) is 3. The van der Waals surface area contributed by atoms with Gasteiger partial charge in [-0.25, -0.2) is 0 Å². The van der Waals surface area contributed by atoms with Crippen LogP contribution in [0.5, 0.6) is 0 Å². The molecule has 0 bridgehead atoms.